The highest BCUT2D eigenvalue weighted by Gasteiger charge is 2.14. The van der Waals surface area contributed by atoms with E-state index in [1.165, 1.54) is 17.4 Å². The van der Waals surface area contributed by atoms with Crippen LogP contribution in [-0.4, -0.2) is 27.1 Å². The number of aliphatic carboxylic acids is 1. The lowest BCUT2D eigenvalue weighted by Crippen LogP contribution is -2.01. The van der Waals surface area contributed by atoms with E-state index in [4.69, 9.17) is 0 Å². The van der Waals surface area contributed by atoms with Gasteiger partial charge in [-0.25, -0.2) is 9.78 Å². The van der Waals surface area contributed by atoms with Gasteiger partial charge in [0.15, 0.2) is 0 Å². The number of para-hydroxylation sites is 1. The first-order chi connectivity index (χ1) is 11.5. The largest absolute Gasteiger partial charge is 0.481 e. The number of carboxylic acid groups (broad SMARTS) is 2. The molecule has 120 valence electrons. The number of hydrogen-bond acceptors (Lipinski definition) is 4. The Bertz CT molecular complexity index is 925. The molecule has 1 heterocycles. The van der Waals surface area contributed by atoms with Crippen molar-refractivity contribution >= 4 is 45.1 Å². The molecule has 0 unspecified atom stereocenters. The Hall–Kier alpha value is -2.99. The maximum atomic E-state index is 11.3. The van der Waals surface area contributed by atoms with Gasteiger partial charge in [0.05, 0.1) is 22.2 Å². The second kappa shape index (κ2) is 6.64. The Labute approximate surface area is 141 Å². The Kier molecular flexibility index (Phi) is 4.39. The van der Waals surface area contributed by atoms with Crippen LogP contribution < -0.4 is 0 Å². The minimum atomic E-state index is -1.05. The van der Waals surface area contributed by atoms with E-state index in [1.807, 2.05) is 24.3 Å². The number of rotatable bonds is 5. The maximum Gasteiger partial charge on any atom is 0.336 e. The zero-order valence-electron chi connectivity index (χ0n) is 12.5. The summed E-state index contributed by atoms with van der Waals surface area (Å²) in [7, 11) is 0. The van der Waals surface area contributed by atoms with Crippen molar-refractivity contribution in [2.75, 3.05) is 0 Å². The van der Waals surface area contributed by atoms with Gasteiger partial charge in [0.25, 0.3) is 0 Å². The summed E-state index contributed by atoms with van der Waals surface area (Å²) >= 11 is 1.39. The summed E-state index contributed by atoms with van der Waals surface area (Å²) < 4.78 is 0.954. The zero-order chi connectivity index (χ0) is 17.1. The summed E-state index contributed by atoms with van der Waals surface area (Å²) in [5, 5.41) is 19.1. The third kappa shape index (κ3) is 3.33. The SMILES string of the molecule is O=C(O)CC(=Cc1ccccc1C(=O)O)c1nc2ccccc2s1. The van der Waals surface area contributed by atoms with Gasteiger partial charge in [-0.1, -0.05) is 30.3 Å². The molecule has 2 aromatic carbocycles. The van der Waals surface area contributed by atoms with E-state index in [0.717, 1.165) is 10.2 Å². The van der Waals surface area contributed by atoms with Crippen molar-refractivity contribution in [3.63, 3.8) is 0 Å². The molecule has 1 aromatic heterocycles. The standard InChI is InChI=1S/C18H13NO4S/c20-16(21)10-12(9-11-5-1-2-6-13(11)18(22)23)17-19-14-7-3-4-8-15(14)24-17/h1-9H,10H2,(H,20,21)(H,22,23). The third-order valence-electron chi connectivity index (χ3n) is 3.43. The van der Waals surface area contributed by atoms with Crippen LogP contribution in [0.1, 0.15) is 27.3 Å². The molecule has 3 rings (SSSR count). The van der Waals surface area contributed by atoms with E-state index < -0.39 is 11.9 Å². The molecular formula is C18H13NO4S. The molecule has 0 amide bonds. The van der Waals surface area contributed by atoms with Gasteiger partial charge in [0.1, 0.15) is 5.01 Å². The number of benzene rings is 2. The van der Waals surface area contributed by atoms with Crippen LogP contribution in [0.15, 0.2) is 48.5 Å². The van der Waals surface area contributed by atoms with Crippen molar-refractivity contribution in [1.29, 1.82) is 0 Å². The highest BCUT2D eigenvalue weighted by Crippen LogP contribution is 2.30. The summed E-state index contributed by atoms with van der Waals surface area (Å²) in [4.78, 5) is 27.0. The zero-order valence-corrected chi connectivity index (χ0v) is 13.3. The number of fused-ring (bicyclic) bond motifs is 1. The van der Waals surface area contributed by atoms with E-state index in [2.05, 4.69) is 4.98 Å². The molecule has 5 nitrogen and oxygen atoms in total. The van der Waals surface area contributed by atoms with Crippen molar-refractivity contribution in [2.45, 2.75) is 6.42 Å². The summed E-state index contributed by atoms with van der Waals surface area (Å²) in [6.45, 7) is 0. The van der Waals surface area contributed by atoms with Gasteiger partial charge in [0, 0.05) is 0 Å². The Morgan fingerprint density at radius 2 is 1.75 bits per heavy atom. The molecular weight excluding hydrogens is 326 g/mol. The van der Waals surface area contributed by atoms with Crippen molar-refractivity contribution < 1.29 is 19.8 Å². The highest BCUT2D eigenvalue weighted by atomic mass is 32.1. The monoisotopic (exact) mass is 339 g/mol. The molecule has 0 bridgehead atoms. The molecule has 3 aromatic rings. The molecule has 0 atom stereocenters. The Morgan fingerprint density at radius 3 is 2.46 bits per heavy atom. The highest BCUT2D eigenvalue weighted by molar-refractivity contribution is 7.19. The number of hydrogen-bond donors (Lipinski definition) is 2. The average molecular weight is 339 g/mol. The summed E-state index contributed by atoms with van der Waals surface area (Å²) in [5.41, 5.74) is 1.86. The normalized spacial score (nSPS) is 11.6. The molecule has 2 N–H and O–H groups in total. The summed E-state index contributed by atoms with van der Waals surface area (Å²) in [6.07, 6.45) is 1.36. The molecule has 0 saturated heterocycles. The van der Waals surface area contributed by atoms with Crippen molar-refractivity contribution in [1.82, 2.24) is 4.98 Å². The van der Waals surface area contributed by atoms with Gasteiger partial charge < -0.3 is 10.2 Å². The second-order valence-electron chi connectivity index (χ2n) is 5.12. The average Bonchev–Trinajstić information content (AvgIpc) is 2.98. The number of thiazole rings is 1. The minimum absolute atomic E-state index is 0.126. The smallest absolute Gasteiger partial charge is 0.336 e. The number of aromatic nitrogens is 1. The fourth-order valence-corrected chi connectivity index (χ4v) is 3.35. The topological polar surface area (TPSA) is 87.5 Å². The van der Waals surface area contributed by atoms with Gasteiger partial charge in [-0.05, 0) is 35.4 Å². The van der Waals surface area contributed by atoms with Crippen LogP contribution in [0.5, 0.6) is 0 Å². The molecule has 0 fully saturated rings. The van der Waals surface area contributed by atoms with E-state index in [0.29, 0.717) is 16.1 Å². The van der Waals surface area contributed by atoms with Crippen LogP contribution in [0, 0.1) is 0 Å². The molecule has 0 saturated carbocycles. The summed E-state index contributed by atoms with van der Waals surface area (Å²) in [5.74, 6) is -2.05. The van der Waals surface area contributed by atoms with E-state index in [9.17, 15) is 19.8 Å². The third-order valence-corrected chi connectivity index (χ3v) is 4.54. The van der Waals surface area contributed by atoms with Gasteiger partial charge in [-0.2, -0.15) is 0 Å². The van der Waals surface area contributed by atoms with Crippen molar-refractivity contribution in [3.05, 3.63) is 64.7 Å². The van der Waals surface area contributed by atoms with Gasteiger partial charge >= 0.3 is 11.9 Å². The Balaban J connectivity index is 2.13. The van der Waals surface area contributed by atoms with Crippen LogP contribution in [0.2, 0.25) is 0 Å². The lowest BCUT2D eigenvalue weighted by atomic mass is 10.0. The minimum Gasteiger partial charge on any atom is -0.481 e. The van der Waals surface area contributed by atoms with Crippen LogP contribution >= 0.6 is 11.3 Å². The summed E-state index contributed by atoms with van der Waals surface area (Å²) in [6, 6.07) is 14.0. The van der Waals surface area contributed by atoms with Crippen LogP contribution in [0.4, 0.5) is 0 Å². The molecule has 0 radical (unpaired) electrons. The first kappa shape index (κ1) is 15.9. The number of carboxylic acids is 2. The number of nitrogens with zero attached hydrogens (tertiary/aromatic N) is 1. The van der Waals surface area contributed by atoms with Gasteiger partial charge in [-0.15, -0.1) is 11.3 Å². The van der Waals surface area contributed by atoms with Gasteiger partial charge in [-0.3, -0.25) is 4.79 Å². The lowest BCUT2D eigenvalue weighted by Gasteiger charge is -2.04. The van der Waals surface area contributed by atoms with Gasteiger partial charge in [0.2, 0.25) is 0 Å². The molecule has 6 heteroatoms. The first-order valence-corrected chi connectivity index (χ1v) is 7.97. The predicted octanol–water partition coefficient (Wildman–Crippen LogP) is 4.01. The predicted molar refractivity (Wildman–Crippen MR) is 93.1 cm³/mol. The number of aromatic carboxylic acids is 1. The van der Waals surface area contributed by atoms with Crippen molar-refractivity contribution in [2.24, 2.45) is 0 Å². The molecule has 0 aliphatic rings. The van der Waals surface area contributed by atoms with Crippen LogP contribution in [0.25, 0.3) is 21.9 Å². The molecule has 0 spiro atoms. The second-order valence-corrected chi connectivity index (χ2v) is 6.15. The van der Waals surface area contributed by atoms with Crippen LogP contribution in [-0.2, 0) is 4.79 Å². The molecule has 0 aliphatic heterocycles. The molecule has 24 heavy (non-hydrogen) atoms. The lowest BCUT2D eigenvalue weighted by molar-refractivity contribution is -0.135. The van der Waals surface area contributed by atoms with E-state index in [1.54, 1.807) is 24.3 Å². The maximum absolute atomic E-state index is 11.3. The van der Waals surface area contributed by atoms with E-state index >= 15 is 0 Å². The Morgan fingerprint density at radius 1 is 1.04 bits per heavy atom. The number of carbonyl (C=O) groups is 2. The first-order valence-electron chi connectivity index (χ1n) is 7.15. The van der Waals surface area contributed by atoms with Crippen molar-refractivity contribution in [3.8, 4) is 0 Å². The fourth-order valence-electron chi connectivity index (χ4n) is 2.37. The quantitative estimate of drug-likeness (QED) is 0.733. The molecule has 0 aliphatic carbocycles. The van der Waals surface area contributed by atoms with E-state index in [-0.39, 0.29) is 12.0 Å². The van der Waals surface area contributed by atoms with Crippen LogP contribution in [0.3, 0.4) is 0 Å². The fraction of sp³-hybridized carbons (Fsp3) is 0.0556.